The van der Waals surface area contributed by atoms with Crippen molar-refractivity contribution in [3.8, 4) is 11.1 Å². The van der Waals surface area contributed by atoms with Gasteiger partial charge < -0.3 is 0 Å². The SMILES string of the molecule is CN=C(c1ccccc1)c1cccc2c1-c1ccccc1C2(C)C. The number of aliphatic imine (C=N–C) groups is 1. The summed E-state index contributed by atoms with van der Waals surface area (Å²) in [6.07, 6.45) is 0. The molecular weight excluding hydrogens is 290 g/mol. The molecule has 0 bridgehead atoms. The standard InChI is InChI=1S/C23H21N/c1-23(2)19-14-8-7-12-17(19)21-18(13-9-15-20(21)23)22(24-3)16-10-5-4-6-11-16/h4-15H,1-3H3. The highest BCUT2D eigenvalue weighted by Gasteiger charge is 2.36. The van der Waals surface area contributed by atoms with Crippen LogP contribution in [-0.4, -0.2) is 12.8 Å². The highest BCUT2D eigenvalue weighted by molar-refractivity contribution is 6.17. The Morgan fingerprint density at radius 2 is 1.42 bits per heavy atom. The van der Waals surface area contributed by atoms with Crippen LogP contribution in [0.3, 0.4) is 0 Å². The third kappa shape index (κ3) is 2.05. The topological polar surface area (TPSA) is 12.4 Å². The van der Waals surface area contributed by atoms with Gasteiger partial charge in [0.1, 0.15) is 0 Å². The highest BCUT2D eigenvalue weighted by atomic mass is 14.7. The van der Waals surface area contributed by atoms with E-state index in [9.17, 15) is 0 Å². The molecule has 1 aliphatic rings. The van der Waals surface area contributed by atoms with Crippen molar-refractivity contribution in [2.45, 2.75) is 19.3 Å². The maximum atomic E-state index is 4.64. The second-order valence-electron chi connectivity index (χ2n) is 6.84. The van der Waals surface area contributed by atoms with E-state index < -0.39 is 0 Å². The van der Waals surface area contributed by atoms with Crippen LogP contribution < -0.4 is 0 Å². The molecule has 1 heteroatoms. The zero-order valence-corrected chi connectivity index (χ0v) is 14.4. The first-order chi connectivity index (χ1) is 11.6. The second kappa shape index (κ2) is 5.45. The van der Waals surface area contributed by atoms with Gasteiger partial charge in [-0.2, -0.15) is 0 Å². The Bertz CT molecular complexity index is 933. The Hall–Kier alpha value is -2.67. The molecule has 1 nitrogen and oxygen atoms in total. The van der Waals surface area contributed by atoms with Gasteiger partial charge in [0.05, 0.1) is 5.71 Å². The van der Waals surface area contributed by atoms with Crippen LogP contribution in [0.2, 0.25) is 0 Å². The zero-order valence-electron chi connectivity index (χ0n) is 14.4. The van der Waals surface area contributed by atoms with Crippen LogP contribution in [0.1, 0.15) is 36.1 Å². The fourth-order valence-corrected chi connectivity index (χ4v) is 3.95. The molecule has 24 heavy (non-hydrogen) atoms. The van der Waals surface area contributed by atoms with Crippen molar-refractivity contribution < 1.29 is 0 Å². The molecule has 0 aliphatic heterocycles. The van der Waals surface area contributed by atoms with E-state index in [1.807, 2.05) is 13.1 Å². The molecule has 0 unspecified atom stereocenters. The van der Waals surface area contributed by atoms with Gasteiger partial charge >= 0.3 is 0 Å². The van der Waals surface area contributed by atoms with Crippen molar-refractivity contribution >= 4 is 5.71 Å². The van der Waals surface area contributed by atoms with Gasteiger partial charge in [-0.15, -0.1) is 0 Å². The third-order valence-corrected chi connectivity index (χ3v) is 5.13. The fraction of sp³-hybridized carbons (Fsp3) is 0.174. The Balaban J connectivity index is 2.02. The van der Waals surface area contributed by atoms with Crippen LogP contribution >= 0.6 is 0 Å². The van der Waals surface area contributed by atoms with E-state index in [0.717, 1.165) is 11.3 Å². The summed E-state index contributed by atoms with van der Waals surface area (Å²) < 4.78 is 0. The number of hydrogen-bond donors (Lipinski definition) is 0. The third-order valence-electron chi connectivity index (χ3n) is 5.13. The maximum Gasteiger partial charge on any atom is 0.0721 e. The minimum atomic E-state index is 0.0253. The summed E-state index contributed by atoms with van der Waals surface area (Å²) >= 11 is 0. The summed E-state index contributed by atoms with van der Waals surface area (Å²) in [5, 5.41) is 0. The molecule has 1 aliphatic carbocycles. The molecule has 0 heterocycles. The first-order valence-electron chi connectivity index (χ1n) is 8.40. The van der Waals surface area contributed by atoms with Gasteiger partial charge in [0, 0.05) is 23.6 Å². The van der Waals surface area contributed by atoms with Gasteiger partial charge in [-0.25, -0.2) is 0 Å². The largest absolute Gasteiger partial charge is 0.287 e. The minimum Gasteiger partial charge on any atom is -0.287 e. The molecule has 0 spiro atoms. The van der Waals surface area contributed by atoms with E-state index in [2.05, 4.69) is 85.6 Å². The normalized spacial score (nSPS) is 15.0. The summed E-state index contributed by atoms with van der Waals surface area (Å²) in [6, 6.07) is 25.8. The lowest BCUT2D eigenvalue weighted by Crippen LogP contribution is -2.15. The summed E-state index contributed by atoms with van der Waals surface area (Å²) in [7, 11) is 1.88. The zero-order chi connectivity index (χ0) is 16.7. The highest BCUT2D eigenvalue weighted by Crippen LogP contribution is 2.50. The average Bonchev–Trinajstić information content (AvgIpc) is 2.86. The molecule has 0 saturated heterocycles. The Morgan fingerprint density at radius 3 is 2.17 bits per heavy atom. The molecule has 0 aromatic heterocycles. The quantitative estimate of drug-likeness (QED) is 0.557. The number of fused-ring (bicyclic) bond motifs is 3. The van der Waals surface area contributed by atoms with E-state index in [0.29, 0.717) is 0 Å². The number of rotatable bonds is 2. The van der Waals surface area contributed by atoms with Crippen molar-refractivity contribution in [3.05, 3.63) is 95.1 Å². The molecule has 0 fully saturated rings. The smallest absolute Gasteiger partial charge is 0.0721 e. The Morgan fingerprint density at radius 1 is 0.750 bits per heavy atom. The summed E-state index contributed by atoms with van der Waals surface area (Å²) in [5.41, 5.74) is 8.93. The molecule has 0 atom stereocenters. The second-order valence-corrected chi connectivity index (χ2v) is 6.84. The number of nitrogens with zero attached hydrogens (tertiary/aromatic N) is 1. The van der Waals surface area contributed by atoms with E-state index in [1.165, 1.54) is 27.8 Å². The van der Waals surface area contributed by atoms with E-state index in [-0.39, 0.29) is 5.41 Å². The van der Waals surface area contributed by atoms with Crippen LogP contribution in [0.15, 0.2) is 77.8 Å². The number of benzene rings is 3. The van der Waals surface area contributed by atoms with Gasteiger partial charge in [0.2, 0.25) is 0 Å². The fourth-order valence-electron chi connectivity index (χ4n) is 3.95. The van der Waals surface area contributed by atoms with Crippen LogP contribution in [0.25, 0.3) is 11.1 Å². The van der Waals surface area contributed by atoms with Crippen LogP contribution in [0, 0.1) is 0 Å². The van der Waals surface area contributed by atoms with Gasteiger partial charge in [0.15, 0.2) is 0 Å². The molecule has 0 N–H and O–H groups in total. The molecular formula is C23H21N. The molecule has 0 saturated carbocycles. The molecule has 3 aromatic carbocycles. The molecule has 118 valence electrons. The van der Waals surface area contributed by atoms with E-state index in [1.54, 1.807) is 0 Å². The van der Waals surface area contributed by atoms with Crippen molar-refractivity contribution in [2.24, 2.45) is 4.99 Å². The lowest BCUT2D eigenvalue weighted by atomic mass is 9.82. The van der Waals surface area contributed by atoms with Crippen molar-refractivity contribution in [3.63, 3.8) is 0 Å². The summed E-state index contributed by atoms with van der Waals surface area (Å²) in [4.78, 5) is 4.64. The van der Waals surface area contributed by atoms with Gasteiger partial charge in [0.25, 0.3) is 0 Å². The van der Waals surface area contributed by atoms with Crippen molar-refractivity contribution in [1.82, 2.24) is 0 Å². The van der Waals surface area contributed by atoms with Gasteiger partial charge in [-0.1, -0.05) is 86.6 Å². The first-order valence-corrected chi connectivity index (χ1v) is 8.40. The minimum absolute atomic E-state index is 0.0253. The predicted molar refractivity (Wildman–Crippen MR) is 102 cm³/mol. The maximum absolute atomic E-state index is 4.64. The van der Waals surface area contributed by atoms with Gasteiger partial charge in [-0.05, 0) is 22.3 Å². The van der Waals surface area contributed by atoms with Gasteiger partial charge in [-0.3, -0.25) is 4.99 Å². The monoisotopic (exact) mass is 311 g/mol. The lowest BCUT2D eigenvalue weighted by Gasteiger charge is -2.21. The summed E-state index contributed by atoms with van der Waals surface area (Å²) in [6.45, 7) is 4.62. The first kappa shape index (κ1) is 14.9. The van der Waals surface area contributed by atoms with Crippen LogP contribution in [0.4, 0.5) is 0 Å². The van der Waals surface area contributed by atoms with Crippen molar-refractivity contribution in [2.75, 3.05) is 7.05 Å². The molecule has 3 aromatic rings. The average molecular weight is 311 g/mol. The van der Waals surface area contributed by atoms with Crippen LogP contribution in [-0.2, 0) is 5.41 Å². The molecule has 0 amide bonds. The predicted octanol–water partition coefficient (Wildman–Crippen LogP) is 5.46. The lowest BCUT2D eigenvalue weighted by molar-refractivity contribution is 0.660. The van der Waals surface area contributed by atoms with Crippen molar-refractivity contribution in [1.29, 1.82) is 0 Å². The summed E-state index contributed by atoms with van der Waals surface area (Å²) in [5.74, 6) is 0. The Labute approximate surface area is 143 Å². The molecule has 4 rings (SSSR count). The number of hydrogen-bond acceptors (Lipinski definition) is 1. The Kier molecular flexibility index (Phi) is 3.38. The van der Waals surface area contributed by atoms with E-state index >= 15 is 0 Å². The molecule has 0 radical (unpaired) electrons. The van der Waals surface area contributed by atoms with Crippen LogP contribution in [0.5, 0.6) is 0 Å². The van der Waals surface area contributed by atoms with E-state index in [4.69, 9.17) is 0 Å².